The van der Waals surface area contributed by atoms with Gasteiger partial charge in [0, 0.05) is 11.8 Å². The van der Waals surface area contributed by atoms with Crippen LogP contribution in [0.3, 0.4) is 0 Å². The SMILES string of the molecule is Cc1cn(C2CC[C@H](O)[C@H](O)[C@@H](CO)O2)c(=O)[nH]c1=O. The number of hydrogen-bond acceptors (Lipinski definition) is 6. The van der Waals surface area contributed by atoms with Gasteiger partial charge in [-0.2, -0.15) is 0 Å². The standard InChI is InChI=1S/C12H18N2O6/c1-6-4-14(12(19)13-11(6)18)9-3-2-7(16)10(17)8(5-15)20-9/h4,7-10,15-17H,2-3,5H2,1H3,(H,13,18,19)/t7-,8+,9?,10-/m0/s1. The van der Waals surface area contributed by atoms with Gasteiger partial charge in [0.25, 0.3) is 5.56 Å². The number of aliphatic hydroxyl groups excluding tert-OH is 3. The third-order valence-electron chi connectivity index (χ3n) is 3.45. The largest absolute Gasteiger partial charge is 0.394 e. The van der Waals surface area contributed by atoms with Crippen LogP contribution in [0, 0.1) is 6.92 Å². The van der Waals surface area contributed by atoms with Gasteiger partial charge in [-0.3, -0.25) is 14.3 Å². The first-order valence-electron chi connectivity index (χ1n) is 6.38. The number of aryl methyl sites for hydroxylation is 1. The number of ether oxygens (including phenoxy) is 1. The lowest BCUT2D eigenvalue weighted by atomic mass is 10.1. The Morgan fingerprint density at radius 1 is 1.40 bits per heavy atom. The molecular weight excluding hydrogens is 268 g/mol. The second kappa shape index (κ2) is 5.88. The molecule has 0 aromatic carbocycles. The van der Waals surface area contributed by atoms with Gasteiger partial charge < -0.3 is 20.1 Å². The van der Waals surface area contributed by atoms with Crippen LogP contribution in [-0.4, -0.2) is 49.8 Å². The van der Waals surface area contributed by atoms with Crippen LogP contribution in [0.5, 0.6) is 0 Å². The van der Waals surface area contributed by atoms with Crippen molar-refractivity contribution in [3.05, 3.63) is 32.6 Å². The number of rotatable bonds is 2. The lowest BCUT2D eigenvalue weighted by Gasteiger charge is -2.24. The van der Waals surface area contributed by atoms with Crippen LogP contribution in [0.15, 0.2) is 15.8 Å². The minimum Gasteiger partial charge on any atom is -0.394 e. The summed E-state index contributed by atoms with van der Waals surface area (Å²) in [5.41, 5.74) is -0.758. The third kappa shape index (κ3) is 2.83. The predicted octanol–water partition coefficient (Wildman–Crippen LogP) is -1.76. The van der Waals surface area contributed by atoms with Crippen LogP contribution >= 0.6 is 0 Å². The van der Waals surface area contributed by atoms with E-state index in [1.807, 2.05) is 0 Å². The molecule has 0 aliphatic carbocycles. The Hall–Kier alpha value is -1.48. The summed E-state index contributed by atoms with van der Waals surface area (Å²) in [5, 5.41) is 28.7. The van der Waals surface area contributed by atoms with Crippen LogP contribution in [0.4, 0.5) is 0 Å². The fourth-order valence-corrected chi connectivity index (χ4v) is 2.24. The number of aromatic amines is 1. The Balaban J connectivity index is 2.35. The van der Waals surface area contributed by atoms with Gasteiger partial charge in [0.15, 0.2) is 0 Å². The molecule has 4 N–H and O–H groups in total. The van der Waals surface area contributed by atoms with E-state index in [-0.39, 0.29) is 12.8 Å². The molecule has 112 valence electrons. The van der Waals surface area contributed by atoms with Crippen LogP contribution in [0.1, 0.15) is 24.6 Å². The summed E-state index contributed by atoms with van der Waals surface area (Å²) < 4.78 is 6.68. The van der Waals surface area contributed by atoms with Gasteiger partial charge in [-0.05, 0) is 19.8 Å². The van der Waals surface area contributed by atoms with E-state index in [0.29, 0.717) is 5.56 Å². The van der Waals surface area contributed by atoms with Crippen molar-refractivity contribution in [3.63, 3.8) is 0 Å². The number of aromatic nitrogens is 2. The molecule has 1 aromatic rings. The van der Waals surface area contributed by atoms with Gasteiger partial charge in [-0.1, -0.05) is 0 Å². The number of nitrogens with one attached hydrogen (secondary N) is 1. The van der Waals surface area contributed by atoms with E-state index in [2.05, 4.69) is 4.98 Å². The first-order chi connectivity index (χ1) is 9.43. The topological polar surface area (TPSA) is 125 Å². The highest BCUT2D eigenvalue weighted by Gasteiger charge is 2.34. The fourth-order valence-electron chi connectivity index (χ4n) is 2.24. The Morgan fingerprint density at radius 2 is 2.10 bits per heavy atom. The molecule has 1 aliphatic rings. The zero-order valence-corrected chi connectivity index (χ0v) is 11.0. The molecule has 1 unspecified atom stereocenters. The summed E-state index contributed by atoms with van der Waals surface area (Å²) in [6, 6.07) is 0. The van der Waals surface area contributed by atoms with Crippen molar-refractivity contribution in [2.45, 2.75) is 44.3 Å². The first kappa shape index (κ1) is 14.9. The summed E-state index contributed by atoms with van der Waals surface area (Å²) in [6.07, 6.45) is -2.14. The van der Waals surface area contributed by atoms with E-state index in [1.54, 1.807) is 6.92 Å². The highest BCUT2D eigenvalue weighted by atomic mass is 16.5. The maximum Gasteiger partial charge on any atom is 0.330 e. The molecule has 0 bridgehead atoms. The van der Waals surface area contributed by atoms with E-state index in [1.165, 1.54) is 10.8 Å². The van der Waals surface area contributed by atoms with Crippen LogP contribution in [0.2, 0.25) is 0 Å². The minimum atomic E-state index is -1.22. The zero-order valence-electron chi connectivity index (χ0n) is 11.0. The summed E-state index contributed by atoms with van der Waals surface area (Å²) in [6.45, 7) is 1.07. The maximum atomic E-state index is 11.8. The quantitative estimate of drug-likeness (QED) is 0.510. The highest BCUT2D eigenvalue weighted by molar-refractivity contribution is 5.01. The molecule has 0 amide bonds. The number of aliphatic hydroxyl groups is 3. The fraction of sp³-hybridized carbons (Fsp3) is 0.667. The Bertz CT molecular complexity index is 580. The van der Waals surface area contributed by atoms with Gasteiger partial charge in [0.2, 0.25) is 0 Å². The second-order valence-electron chi connectivity index (χ2n) is 4.93. The summed E-state index contributed by atoms with van der Waals surface area (Å²) in [4.78, 5) is 25.3. The minimum absolute atomic E-state index is 0.215. The van der Waals surface area contributed by atoms with E-state index < -0.39 is 42.4 Å². The zero-order chi connectivity index (χ0) is 14.9. The summed E-state index contributed by atoms with van der Waals surface area (Å²) in [7, 11) is 0. The van der Waals surface area contributed by atoms with E-state index in [4.69, 9.17) is 4.74 Å². The Kier molecular flexibility index (Phi) is 4.39. The molecule has 0 radical (unpaired) electrons. The molecule has 1 saturated heterocycles. The third-order valence-corrected chi connectivity index (χ3v) is 3.45. The normalized spacial score (nSPS) is 31.0. The van der Waals surface area contributed by atoms with Gasteiger partial charge >= 0.3 is 5.69 Å². The van der Waals surface area contributed by atoms with E-state index in [9.17, 15) is 24.9 Å². The van der Waals surface area contributed by atoms with Gasteiger partial charge in [-0.25, -0.2) is 4.79 Å². The van der Waals surface area contributed by atoms with Crippen LogP contribution in [0.25, 0.3) is 0 Å². The van der Waals surface area contributed by atoms with E-state index >= 15 is 0 Å². The second-order valence-corrected chi connectivity index (χ2v) is 4.93. The molecule has 1 aromatic heterocycles. The first-order valence-corrected chi connectivity index (χ1v) is 6.38. The molecule has 8 nitrogen and oxygen atoms in total. The summed E-state index contributed by atoms with van der Waals surface area (Å²) in [5.74, 6) is 0. The molecule has 0 spiro atoms. The van der Waals surface area contributed by atoms with Crippen molar-refractivity contribution in [3.8, 4) is 0 Å². The van der Waals surface area contributed by atoms with Gasteiger partial charge in [-0.15, -0.1) is 0 Å². The average molecular weight is 286 g/mol. The van der Waals surface area contributed by atoms with Crippen molar-refractivity contribution >= 4 is 0 Å². The van der Waals surface area contributed by atoms with Crippen LogP contribution < -0.4 is 11.2 Å². The summed E-state index contributed by atoms with van der Waals surface area (Å²) >= 11 is 0. The van der Waals surface area contributed by atoms with Crippen molar-refractivity contribution in [1.29, 1.82) is 0 Å². The van der Waals surface area contributed by atoms with Gasteiger partial charge in [0.1, 0.15) is 18.4 Å². The lowest BCUT2D eigenvalue weighted by molar-refractivity contribution is -0.130. The molecule has 2 heterocycles. The molecule has 2 rings (SSSR count). The molecule has 8 heteroatoms. The molecule has 0 saturated carbocycles. The Morgan fingerprint density at radius 3 is 2.75 bits per heavy atom. The molecule has 4 atom stereocenters. The van der Waals surface area contributed by atoms with Crippen molar-refractivity contribution in [2.24, 2.45) is 0 Å². The lowest BCUT2D eigenvalue weighted by Crippen LogP contribution is -2.41. The molecular formula is C12H18N2O6. The van der Waals surface area contributed by atoms with Crippen molar-refractivity contribution in [2.75, 3.05) is 6.61 Å². The van der Waals surface area contributed by atoms with E-state index in [0.717, 1.165) is 0 Å². The van der Waals surface area contributed by atoms with Crippen molar-refractivity contribution in [1.82, 2.24) is 9.55 Å². The molecule has 20 heavy (non-hydrogen) atoms. The number of hydrogen-bond donors (Lipinski definition) is 4. The predicted molar refractivity (Wildman–Crippen MR) is 68.3 cm³/mol. The highest BCUT2D eigenvalue weighted by Crippen LogP contribution is 2.25. The average Bonchev–Trinajstić information content (AvgIpc) is 2.55. The number of H-pyrrole nitrogens is 1. The maximum absolute atomic E-state index is 11.8. The van der Waals surface area contributed by atoms with Crippen LogP contribution in [-0.2, 0) is 4.74 Å². The molecule has 1 aliphatic heterocycles. The molecule has 1 fully saturated rings. The Labute approximate surface area is 114 Å². The smallest absolute Gasteiger partial charge is 0.330 e. The van der Waals surface area contributed by atoms with Crippen molar-refractivity contribution < 1.29 is 20.1 Å². The monoisotopic (exact) mass is 286 g/mol. The van der Waals surface area contributed by atoms with Gasteiger partial charge in [0.05, 0.1) is 12.7 Å². The number of nitrogens with zero attached hydrogens (tertiary/aromatic N) is 1.